The van der Waals surface area contributed by atoms with Gasteiger partial charge >= 0.3 is 0 Å². The van der Waals surface area contributed by atoms with Crippen LogP contribution >= 0.6 is 12.2 Å². The van der Waals surface area contributed by atoms with Gasteiger partial charge in [-0.15, -0.1) is 0 Å². The lowest BCUT2D eigenvalue weighted by Crippen LogP contribution is -2.07. The molecule has 0 atom stereocenters. The normalized spacial score (nSPS) is 15.1. The molecule has 2 aromatic rings. The van der Waals surface area contributed by atoms with Crippen molar-refractivity contribution in [3.63, 3.8) is 0 Å². The summed E-state index contributed by atoms with van der Waals surface area (Å²) in [5.74, 6) is -0.354. The van der Waals surface area contributed by atoms with Crippen LogP contribution in [-0.4, -0.2) is 14.8 Å². The number of rotatable bonds is 2. The van der Waals surface area contributed by atoms with Gasteiger partial charge in [0, 0.05) is 5.92 Å². The molecule has 1 aliphatic rings. The quantitative estimate of drug-likeness (QED) is 0.846. The third-order valence-electron chi connectivity index (χ3n) is 3.12. The number of nitrogens with zero attached hydrogens (tertiary/aromatic N) is 2. The van der Waals surface area contributed by atoms with E-state index in [9.17, 15) is 8.78 Å². The maximum absolute atomic E-state index is 14.1. The highest BCUT2D eigenvalue weighted by Gasteiger charge is 2.31. The second kappa shape index (κ2) is 3.98. The van der Waals surface area contributed by atoms with Crippen LogP contribution in [0.2, 0.25) is 0 Å². The van der Waals surface area contributed by atoms with Crippen LogP contribution in [0.1, 0.15) is 30.1 Å². The number of aromatic nitrogens is 3. The maximum atomic E-state index is 14.1. The van der Waals surface area contributed by atoms with Gasteiger partial charge < -0.3 is 0 Å². The van der Waals surface area contributed by atoms with E-state index in [4.69, 9.17) is 12.2 Å². The average molecular weight is 267 g/mol. The molecule has 0 bridgehead atoms. The van der Waals surface area contributed by atoms with Gasteiger partial charge in [0.15, 0.2) is 10.6 Å². The summed E-state index contributed by atoms with van der Waals surface area (Å²) in [6.45, 7) is 1.60. The van der Waals surface area contributed by atoms with Gasteiger partial charge in [-0.05, 0) is 43.6 Å². The lowest BCUT2D eigenvalue weighted by Gasteiger charge is -2.10. The Hall–Kier alpha value is -1.56. The molecule has 1 aliphatic carbocycles. The predicted molar refractivity (Wildman–Crippen MR) is 65.4 cm³/mol. The molecule has 0 aliphatic heterocycles. The number of nitrogens with one attached hydrogen (secondary N) is 1. The zero-order valence-corrected chi connectivity index (χ0v) is 10.5. The Morgan fingerprint density at radius 1 is 1.39 bits per heavy atom. The number of aryl methyl sites for hydroxylation is 1. The number of benzene rings is 1. The van der Waals surface area contributed by atoms with Crippen LogP contribution in [0.4, 0.5) is 8.78 Å². The zero-order valence-electron chi connectivity index (χ0n) is 9.70. The van der Waals surface area contributed by atoms with E-state index >= 15 is 0 Å². The second-order valence-electron chi connectivity index (χ2n) is 4.52. The van der Waals surface area contributed by atoms with E-state index in [1.807, 2.05) is 0 Å². The van der Waals surface area contributed by atoms with Crippen molar-refractivity contribution in [2.75, 3.05) is 0 Å². The molecule has 94 valence electrons. The molecular formula is C12H11F2N3S. The van der Waals surface area contributed by atoms with Crippen LogP contribution in [0.25, 0.3) is 5.69 Å². The summed E-state index contributed by atoms with van der Waals surface area (Å²) >= 11 is 5.08. The van der Waals surface area contributed by atoms with Crippen LogP contribution in [0.15, 0.2) is 12.1 Å². The molecule has 0 unspecified atom stereocenters. The van der Waals surface area contributed by atoms with E-state index in [1.54, 1.807) is 6.92 Å². The van der Waals surface area contributed by atoms with Gasteiger partial charge in [0.2, 0.25) is 0 Å². The number of halogens is 2. The van der Waals surface area contributed by atoms with E-state index in [0.717, 1.165) is 12.8 Å². The fourth-order valence-electron chi connectivity index (χ4n) is 1.99. The molecule has 1 heterocycles. The first-order valence-corrected chi connectivity index (χ1v) is 6.12. The summed E-state index contributed by atoms with van der Waals surface area (Å²) in [5.41, 5.74) is 0.256. The molecule has 3 rings (SSSR count). The van der Waals surface area contributed by atoms with Crippen LogP contribution in [0.5, 0.6) is 0 Å². The Balaban J connectivity index is 2.30. The molecular weight excluding hydrogens is 256 g/mol. The summed E-state index contributed by atoms with van der Waals surface area (Å²) in [4.78, 5) is 0. The molecule has 6 heteroatoms. The van der Waals surface area contributed by atoms with Gasteiger partial charge in [0.25, 0.3) is 0 Å². The third kappa shape index (κ3) is 1.68. The van der Waals surface area contributed by atoms with Gasteiger partial charge in [-0.1, -0.05) is 6.07 Å². The van der Waals surface area contributed by atoms with E-state index in [-0.39, 0.29) is 16.4 Å². The predicted octanol–water partition coefficient (Wildman–Crippen LogP) is 3.39. The largest absolute Gasteiger partial charge is 0.266 e. The smallest absolute Gasteiger partial charge is 0.200 e. The molecule has 1 aromatic carbocycles. The van der Waals surface area contributed by atoms with Crippen molar-refractivity contribution in [3.8, 4) is 5.69 Å². The lowest BCUT2D eigenvalue weighted by atomic mass is 10.2. The standard InChI is InChI=1S/C12H11F2N3S/c1-6-2-5-8(13)10(9(6)14)17-11(7-3-4-7)15-16-12(17)18/h2,5,7H,3-4H2,1H3,(H,16,18). The van der Waals surface area contributed by atoms with Crippen molar-refractivity contribution in [3.05, 3.63) is 39.9 Å². The molecule has 1 aromatic heterocycles. The van der Waals surface area contributed by atoms with Gasteiger partial charge in [0.1, 0.15) is 17.3 Å². The third-order valence-corrected chi connectivity index (χ3v) is 3.40. The van der Waals surface area contributed by atoms with Crippen molar-refractivity contribution < 1.29 is 8.78 Å². The minimum Gasteiger partial charge on any atom is -0.266 e. The zero-order chi connectivity index (χ0) is 12.9. The van der Waals surface area contributed by atoms with Crippen LogP contribution < -0.4 is 0 Å². The van der Waals surface area contributed by atoms with Gasteiger partial charge in [0.05, 0.1) is 0 Å². The van der Waals surface area contributed by atoms with Gasteiger partial charge in [-0.2, -0.15) is 5.10 Å². The molecule has 0 spiro atoms. The molecule has 0 radical (unpaired) electrons. The Labute approximate surface area is 107 Å². The maximum Gasteiger partial charge on any atom is 0.200 e. The Morgan fingerprint density at radius 3 is 2.78 bits per heavy atom. The summed E-state index contributed by atoms with van der Waals surface area (Å²) in [6.07, 6.45) is 1.96. The number of aromatic amines is 1. The fourth-order valence-corrected chi connectivity index (χ4v) is 2.22. The Bertz CT molecular complexity index is 670. The second-order valence-corrected chi connectivity index (χ2v) is 4.91. The summed E-state index contributed by atoms with van der Waals surface area (Å²) in [6, 6.07) is 2.66. The van der Waals surface area contributed by atoms with Crippen molar-refractivity contribution in [2.45, 2.75) is 25.7 Å². The van der Waals surface area contributed by atoms with E-state index in [2.05, 4.69) is 10.2 Å². The van der Waals surface area contributed by atoms with Crippen LogP contribution in [0.3, 0.4) is 0 Å². The molecule has 1 fully saturated rings. The first kappa shape index (κ1) is 11.5. The van der Waals surface area contributed by atoms with Crippen molar-refractivity contribution in [1.82, 2.24) is 14.8 Å². The summed E-state index contributed by atoms with van der Waals surface area (Å²) in [5, 5.41) is 6.69. The molecule has 0 amide bonds. The Morgan fingerprint density at radius 2 is 2.11 bits per heavy atom. The molecule has 18 heavy (non-hydrogen) atoms. The summed E-state index contributed by atoms with van der Waals surface area (Å²) < 4.78 is 29.6. The first-order valence-electron chi connectivity index (χ1n) is 5.72. The summed E-state index contributed by atoms with van der Waals surface area (Å²) in [7, 11) is 0. The lowest BCUT2D eigenvalue weighted by molar-refractivity contribution is 0.559. The van der Waals surface area contributed by atoms with Crippen molar-refractivity contribution in [2.24, 2.45) is 0 Å². The molecule has 1 saturated carbocycles. The molecule has 1 N–H and O–H groups in total. The number of hydrogen-bond donors (Lipinski definition) is 1. The SMILES string of the molecule is Cc1ccc(F)c(-n2c(C3CC3)n[nH]c2=S)c1F. The first-order chi connectivity index (χ1) is 8.59. The number of H-pyrrole nitrogens is 1. The van der Waals surface area contributed by atoms with Gasteiger partial charge in [-0.3, -0.25) is 9.67 Å². The van der Waals surface area contributed by atoms with Crippen LogP contribution in [-0.2, 0) is 0 Å². The monoisotopic (exact) mass is 267 g/mol. The minimum absolute atomic E-state index is 0.129. The van der Waals surface area contributed by atoms with E-state index in [1.165, 1.54) is 16.7 Å². The van der Waals surface area contributed by atoms with Crippen LogP contribution in [0, 0.1) is 23.3 Å². The topological polar surface area (TPSA) is 33.6 Å². The molecule has 0 saturated heterocycles. The number of hydrogen-bond acceptors (Lipinski definition) is 2. The van der Waals surface area contributed by atoms with E-state index in [0.29, 0.717) is 11.4 Å². The highest BCUT2D eigenvalue weighted by atomic mass is 32.1. The minimum atomic E-state index is -0.627. The highest BCUT2D eigenvalue weighted by molar-refractivity contribution is 7.71. The van der Waals surface area contributed by atoms with Crippen molar-refractivity contribution >= 4 is 12.2 Å². The highest BCUT2D eigenvalue weighted by Crippen LogP contribution is 2.40. The van der Waals surface area contributed by atoms with Gasteiger partial charge in [-0.25, -0.2) is 8.78 Å². The van der Waals surface area contributed by atoms with E-state index < -0.39 is 11.6 Å². The van der Waals surface area contributed by atoms with Crippen molar-refractivity contribution in [1.29, 1.82) is 0 Å². The molecule has 3 nitrogen and oxygen atoms in total. The fraction of sp³-hybridized carbons (Fsp3) is 0.333. The average Bonchev–Trinajstić information content (AvgIpc) is 3.11. The Kier molecular flexibility index (Phi) is 2.55.